The number of methoxy groups -OCH3 is 1. The molecular weight excluding hydrogens is 478 g/mol. The SMILES string of the molecule is CCCCCCCCCc1ccc2c3c(n(-c4sccc4CCC)c2c1)C(C)(OC)CCC3C(=O)NN. The van der Waals surface area contributed by atoms with Crippen molar-refractivity contribution in [2.45, 2.75) is 109 Å². The van der Waals surface area contributed by atoms with Crippen LogP contribution >= 0.6 is 11.3 Å². The molecule has 2 aromatic heterocycles. The predicted molar refractivity (Wildman–Crippen MR) is 156 cm³/mol. The molecule has 2 unspecified atom stereocenters. The van der Waals surface area contributed by atoms with Gasteiger partial charge in [0.15, 0.2) is 0 Å². The Bertz CT molecular complexity index is 1200. The van der Waals surface area contributed by atoms with E-state index in [4.69, 9.17) is 10.6 Å². The molecule has 3 N–H and O–H groups in total. The number of nitrogens with zero attached hydrogens (tertiary/aromatic N) is 1. The molecule has 4 rings (SSSR count). The summed E-state index contributed by atoms with van der Waals surface area (Å²) in [4.78, 5) is 13.0. The number of benzene rings is 1. The number of nitrogens with two attached hydrogens (primary N) is 1. The van der Waals surface area contributed by atoms with Crippen LogP contribution in [-0.4, -0.2) is 17.6 Å². The summed E-state index contributed by atoms with van der Waals surface area (Å²) in [6.07, 6.45) is 13.9. The molecule has 0 bridgehead atoms. The summed E-state index contributed by atoms with van der Waals surface area (Å²) in [5.41, 5.74) is 8.05. The van der Waals surface area contributed by atoms with Crippen LogP contribution in [0.2, 0.25) is 0 Å². The highest BCUT2D eigenvalue weighted by Crippen LogP contribution is 2.50. The number of nitrogens with one attached hydrogen (secondary N) is 1. The van der Waals surface area contributed by atoms with Crippen LogP contribution in [0.25, 0.3) is 15.9 Å². The Hall–Kier alpha value is -2.15. The topological polar surface area (TPSA) is 69.3 Å². The van der Waals surface area contributed by atoms with E-state index >= 15 is 0 Å². The van der Waals surface area contributed by atoms with Crippen molar-refractivity contribution in [1.29, 1.82) is 0 Å². The summed E-state index contributed by atoms with van der Waals surface area (Å²) in [6.45, 7) is 6.67. The average molecular weight is 524 g/mol. The number of amides is 1. The third-order valence-electron chi connectivity index (χ3n) is 8.26. The summed E-state index contributed by atoms with van der Waals surface area (Å²) >= 11 is 1.78. The first kappa shape index (κ1) is 27.9. The molecule has 0 saturated heterocycles. The maximum Gasteiger partial charge on any atom is 0.241 e. The lowest BCUT2D eigenvalue weighted by Gasteiger charge is -2.37. The molecule has 0 saturated carbocycles. The number of hydrogen-bond acceptors (Lipinski definition) is 4. The highest BCUT2D eigenvalue weighted by Gasteiger charge is 2.44. The van der Waals surface area contributed by atoms with Gasteiger partial charge in [0, 0.05) is 12.5 Å². The number of aromatic nitrogens is 1. The predicted octanol–water partition coefficient (Wildman–Crippen LogP) is 7.67. The van der Waals surface area contributed by atoms with E-state index < -0.39 is 5.60 Å². The van der Waals surface area contributed by atoms with Gasteiger partial charge in [0.1, 0.15) is 10.6 Å². The van der Waals surface area contributed by atoms with Gasteiger partial charge in [0.25, 0.3) is 0 Å². The molecule has 6 heteroatoms. The van der Waals surface area contributed by atoms with Crippen molar-refractivity contribution >= 4 is 28.1 Å². The first-order valence-corrected chi connectivity index (χ1v) is 15.2. The Balaban J connectivity index is 1.80. The van der Waals surface area contributed by atoms with Gasteiger partial charge in [0.05, 0.1) is 17.1 Å². The Labute approximate surface area is 226 Å². The number of hydrazine groups is 1. The first-order valence-electron chi connectivity index (χ1n) is 14.3. The fourth-order valence-electron chi connectivity index (χ4n) is 6.11. The number of carbonyl (C=O) groups is 1. The van der Waals surface area contributed by atoms with E-state index in [9.17, 15) is 4.79 Å². The lowest BCUT2D eigenvalue weighted by molar-refractivity contribution is -0.123. The number of fused-ring (bicyclic) bond motifs is 3. The van der Waals surface area contributed by atoms with Gasteiger partial charge in [-0.2, -0.15) is 0 Å². The van der Waals surface area contributed by atoms with Crippen LogP contribution in [0.4, 0.5) is 0 Å². The number of aryl methyl sites for hydroxylation is 2. The Morgan fingerprint density at radius 3 is 2.57 bits per heavy atom. The average Bonchev–Trinajstić information content (AvgIpc) is 3.50. The largest absolute Gasteiger partial charge is 0.372 e. The second-order valence-corrected chi connectivity index (χ2v) is 11.8. The highest BCUT2D eigenvalue weighted by atomic mass is 32.1. The molecule has 0 spiro atoms. The molecule has 202 valence electrons. The third kappa shape index (κ3) is 5.67. The van der Waals surface area contributed by atoms with Crippen molar-refractivity contribution < 1.29 is 9.53 Å². The van der Waals surface area contributed by atoms with Crippen LogP contribution in [0.1, 0.15) is 113 Å². The van der Waals surface area contributed by atoms with E-state index in [1.807, 2.05) is 0 Å². The fraction of sp³-hybridized carbons (Fsp3) is 0.581. The second-order valence-electron chi connectivity index (χ2n) is 10.9. The van der Waals surface area contributed by atoms with Gasteiger partial charge in [0.2, 0.25) is 5.91 Å². The molecule has 1 aliphatic rings. The Kier molecular flexibility index (Phi) is 9.49. The van der Waals surface area contributed by atoms with E-state index in [0.717, 1.165) is 42.3 Å². The van der Waals surface area contributed by atoms with Gasteiger partial charge >= 0.3 is 0 Å². The lowest BCUT2D eigenvalue weighted by Crippen LogP contribution is -2.40. The smallest absolute Gasteiger partial charge is 0.241 e. The minimum Gasteiger partial charge on any atom is -0.372 e. The molecule has 1 amide bonds. The van der Waals surface area contributed by atoms with Gasteiger partial charge in [-0.05, 0) is 73.2 Å². The molecule has 0 fully saturated rings. The maximum atomic E-state index is 13.0. The summed E-state index contributed by atoms with van der Waals surface area (Å²) < 4.78 is 8.63. The maximum absolute atomic E-state index is 13.0. The minimum atomic E-state index is -0.480. The number of unbranched alkanes of at least 4 members (excludes halogenated alkanes) is 6. The molecule has 2 atom stereocenters. The summed E-state index contributed by atoms with van der Waals surface area (Å²) in [7, 11) is 1.79. The summed E-state index contributed by atoms with van der Waals surface area (Å²) in [6, 6.07) is 9.13. The van der Waals surface area contributed by atoms with Crippen LogP contribution in [0, 0.1) is 0 Å². The van der Waals surface area contributed by atoms with Crippen molar-refractivity contribution in [3.8, 4) is 5.00 Å². The molecule has 0 aliphatic heterocycles. The van der Waals surface area contributed by atoms with E-state index in [-0.39, 0.29) is 11.8 Å². The Morgan fingerprint density at radius 1 is 1.11 bits per heavy atom. The lowest BCUT2D eigenvalue weighted by atomic mass is 9.77. The minimum absolute atomic E-state index is 0.120. The van der Waals surface area contributed by atoms with Gasteiger partial charge in [-0.3, -0.25) is 10.2 Å². The molecule has 1 aliphatic carbocycles. The molecule has 5 nitrogen and oxygen atoms in total. The Morgan fingerprint density at radius 2 is 1.86 bits per heavy atom. The molecule has 3 aromatic rings. The van der Waals surface area contributed by atoms with Crippen molar-refractivity contribution in [3.63, 3.8) is 0 Å². The van der Waals surface area contributed by atoms with Crippen LogP contribution in [0.5, 0.6) is 0 Å². The number of rotatable bonds is 13. The van der Waals surface area contributed by atoms with Gasteiger partial charge < -0.3 is 9.30 Å². The highest BCUT2D eigenvalue weighted by molar-refractivity contribution is 7.12. The summed E-state index contributed by atoms with van der Waals surface area (Å²) in [5, 5.41) is 4.59. The van der Waals surface area contributed by atoms with Gasteiger partial charge in [-0.1, -0.05) is 70.9 Å². The van der Waals surface area contributed by atoms with Gasteiger partial charge in [-0.15, -0.1) is 11.3 Å². The standard InChI is InChI=1S/C31H45N3O2S/c1-5-7-8-9-10-11-12-14-22-15-16-24-26(21-22)34(30-23(13-6-2)18-20-37-30)28-27(24)25(29(35)33-32)17-19-31(28,3)36-4/h15-16,18,20-21,25H,5-14,17,19,32H2,1-4H3,(H,33,35). The number of hydrogen-bond donors (Lipinski definition) is 2. The quantitative estimate of drug-likeness (QED) is 0.105. The van der Waals surface area contributed by atoms with Crippen LogP contribution in [-0.2, 0) is 28.0 Å². The zero-order valence-electron chi connectivity index (χ0n) is 23.2. The molecule has 0 radical (unpaired) electrons. The van der Waals surface area contributed by atoms with Crippen LogP contribution in [0.3, 0.4) is 0 Å². The fourth-order valence-corrected chi connectivity index (χ4v) is 7.09. The van der Waals surface area contributed by atoms with Crippen molar-refractivity contribution in [2.75, 3.05) is 7.11 Å². The summed E-state index contributed by atoms with van der Waals surface area (Å²) in [5.74, 6) is 5.26. The molecule has 1 aromatic carbocycles. The van der Waals surface area contributed by atoms with Crippen LogP contribution in [0.15, 0.2) is 29.6 Å². The zero-order valence-corrected chi connectivity index (χ0v) is 24.0. The van der Waals surface area contributed by atoms with E-state index in [1.54, 1.807) is 18.4 Å². The molecule has 2 heterocycles. The van der Waals surface area contributed by atoms with E-state index in [0.29, 0.717) is 6.42 Å². The number of carbonyl (C=O) groups excluding carboxylic acids is 1. The van der Waals surface area contributed by atoms with Crippen LogP contribution < -0.4 is 11.3 Å². The second kappa shape index (κ2) is 12.6. The number of ether oxygens (including phenoxy) is 1. The zero-order chi connectivity index (χ0) is 26.4. The van der Waals surface area contributed by atoms with E-state index in [2.05, 4.69) is 60.4 Å². The first-order chi connectivity index (χ1) is 18.0. The monoisotopic (exact) mass is 523 g/mol. The normalized spacial score (nSPS) is 19.3. The third-order valence-corrected chi connectivity index (χ3v) is 9.20. The van der Waals surface area contributed by atoms with Gasteiger partial charge in [-0.25, -0.2) is 5.84 Å². The van der Waals surface area contributed by atoms with Crippen molar-refractivity contribution in [2.24, 2.45) is 5.84 Å². The van der Waals surface area contributed by atoms with Crippen molar-refractivity contribution in [1.82, 2.24) is 9.99 Å². The molecule has 37 heavy (non-hydrogen) atoms. The number of thiophene rings is 1. The molecular formula is C31H45N3O2S. The van der Waals surface area contributed by atoms with Crippen molar-refractivity contribution in [3.05, 3.63) is 52.0 Å². The van der Waals surface area contributed by atoms with E-state index in [1.165, 1.54) is 66.6 Å².